The lowest BCUT2D eigenvalue weighted by molar-refractivity contribution is -0.385. The third kappa shape index (κ3) is 3.14. The van der Waals surface area contributed by atoms with Crippen molar-refractivity contribution in [1.29, 1.82) is 0 Å². The summed E-state index contributed by atoms with van der Waals surface area (Å²) in [6, 6.07) is 17.4. The van der Waals surface area contributed by atoms with E-state index in [1.807, 2.05) is 36.4 Å². The number of fused-ring (bicyclic) bond motifs is 1. The maximum Gasteiger partial charge on any atom is 0.272 e. The monoisotopic (exact) mass is 335 g/mol. The van der Waals surface area contributed by atoms with Crippen LogP contribution in [0.4, 0.5) is 5.69 Å². The smallest absolute Gasteiger partial charge is 0.272 e. The van der Waals surface area contributed by atoms with E-state index >= 15 is 0 Å². The van der Waals surface area contributed by atoms with Crippen molar-refractivity contribution in [2.45, 2.75) is 12.8 Å². The second kappa shape index (κ2) is 6.83. The number of nitro benzene ring substituents is 1. The van der Waals surface area contributed by atoms with Crippen LogP contribution in [0.15, 0.2) is 60.7 Å². The summed E-state index contributed by atoms with van der Waals surface area (Å²) in [7, 11) is 0. The lowest BCUT2D eigenvalue weighted by Gasteiger charge is -2.11. The molecule has 0 spiro atoms. The molecule has 3 aromatic carbocycles. The van der Waals surface area contributed by atoms with Crippen molar-refractivity contribution < 1.29 is 14.8 Å². The largest absolute Gasteiger partial charge is 0.396 e. The molecule has 0 aliphatic rings. The molecular formula is C20H17NO4. The van der Waals surface area contributed by atoms with Gasteiger partial charge in [0.15, 0.2) is 5.78 Å². The standard InChI is InChI=1S/C20H17NO4/c1-13(12-22)18-11-15(9-10-19(18)21(24)25)20(23)17-8-4-6-14-5-2-3-7-16(14)17/h2-11,13,22H,12H2,1H3/t13-/m1/s1. The zero-order valence-corrected chi connectivity index (χ0v) is 13.7. The molecule has 0 bridgehead atoms. The molecular weight excluding hydrogens is 318 g/mol. The Morgan fingerprint density at radius 1 is 1.12 bits per heavy atom. The van der Waals surface area contributed by atoms with Crippen molar-refractivity contribution in [2.75, 3.05) is 6.61 Å². The highest BCUT2D eigenvalue weighted by Gasteiger charge is 2.22. The topological polar surface area (TPSA) is 80.4 Å². The van der Waals surface area contributed by atoms with Gasteiger partial charge in [-0.15, -0.1) is 0 Å². The van der Waals surface area contributed by atoms with Crippen molar-refractivity contribution in [3.8, 4) is 0 Å². The number of nitro groups is 1. The summed E-state index contributed by atoms with van der Waals surface area (Å²) in [6.45, 7) is 1.46. The van der Waals surface area contributed by atoms with E-state index in [0.29, 0.717) is 16.7 Å². The molecule has 1 N–H and O–H groups in total. The quantitative estimate of drug-likeness (QED) is 0.433. The number of aliphatic hydroxyl groups excluding tert-OH is 1. The molecule has 0 aliphatic heterocycles. The van der Waals surface area contributed by atoms with Gasteiger partial charge in [0.05, 0.1) is 4.92 Å². The first-order valence-electron chi connectivity index (χ1n) is 7.94. The summed E-state index contributed by atoms with van der Waals surface area (Å²) in [5.41, 5.74) is 1.20. The normalized spacial score (nSPS) is 12.1. The molecule has 25 heavy (non-hydrogen) atoms. The molecule has 3 rings (SSSR count). The number of ketones is 1. The van der Waals surface area contributed by atoms with Gasteiger partial charge in [0.25, 0.3) is 5.69 Å². The Hall–Kier alpha value is -3.05. The number of rotatable bonds is 5. The highest BCUT2D eigenvalue weighted by Crippen LogP contribution is 2.29. The number of aliphatic hydroxyl groups is 1. The van der Waals surface area contributed by atoms with Crippen LogP contribution in [-0.2, 0) is 0 Å². The van der Waals surface area contributed by atoms with E-state index < -0.39 is 10.8 Å². The second-order valence-electron chi connectivity index (χ2n) is 5.97. The van der Waals surface area contributed by atoms with Crippen LogP contribution < -0.4 is 0 Å². The van der Waals surface area contributed by atoms with Crippen LogP contribution in [0.1, 0.15) is 34.3 Å². The van der Waals surface area contributed by atoms with Crippen LogP contribution in [0.3, 0.4) is 0 Å². The van der Waals surface area contributed by atoms with Crippen molar-refractivity contribution in [1.82, 2.24) is 0 Å². The van der Waals surface area contributed by atoms with Gasteiger partial charge in [0.2, 0.25) is 0 Å². The highest BCUT2D eigenvalue weighted by atomic mass is 16.6. The van der Waals surface area contributed by atoms with Gasteiger partial charge >= 0.3 is 0 Å². The summed E-state index contributed by atoms with van der Waals surface area (Å²) in [4.78, 5) is 23.7. The van der Waals surface area contributed by atoms with Gasteiger partial charge in [-0.2, -0.15) is 0 Å². The Morgan fingerprint density at radius 2 is 1.84 bits per heavy atom. The van der Waals surface area contributed by atoms with E-state index in [1.54, 1.807) is 13.0 Å². The summed E-state index contributed by atoms with van der Waals surface area (Å²) in [5, 5.41) is 22.4. The van der Waals surface area contributed by atoms with E-state index in [9.17, 15) is 20.0 Å². The molecule has 0 aliphatic carbocycles. The lowest BCUT2D eigenvalue weighted by atomic mass is 9.93. The summed E-state index contributed by atoms with van der Waals surface area (Å²) < 4.78 is 0. The third-order valence-corrected chi connectivity index (χ3v) is 4.33. The van der Waals surface area contributed by atoms with Gasteiger partial charge in [-0.3, -0.25) is 14.9 Å². The zero-order valence-electron chi connectivity index (χ0n) is 13.7. The maximum atomic E-state index is 13.0. The Morgan fingerprint density at radius 3 is 2.56 bits per heavy atom. The molecule has 0 saturated heterocycles. The molecule has 0 heterocycles. The maximum absolute atomic E-state index is 13.0. The summed E-state index contributed by atoms with van der Waals surface area (Å²) >= 11 is 0. The third-order valence-electron chi connectivity index (χ3n) is 4.33. The van der Waals surface area contributed by atoms with Crippen molar-refractivity contribution in [2.24, 2.45) is 0 Å². The first-order valence-corrected chi connectivity index (χ1v) is 7.94. The Bertz CT molecular complexity index is 960. The molecule has 5 nitrogen and oxygen atoms in total. The molecule has 1 atom stereocenters. The molecule has 0 aromatic heterocycles. The second-order valence-corrected chi connectivity index (χ2v) is 5.97. The van der Waals surface area contributed by atoms with Crippen LogP contribution in [0, 0.1) is 10.1 Å². The van der Waals surface area contributed by atoms with Crippen molar-refractivity contribution >= 4 is 22.2 Å². The number of hydrogen-bond donors (Lipinski definition) is 1. The molecule has 0 saturated carbocycles. The van der Waals surface area contributed by atoms with Crippen LogP contribution in [0.25, 0.3) is 10.8 Å². The van der Waals surface area contributed by atoms with Crippen LogP contribution in [0.2, 0.25) is 0 Å². The predicted octanol–water partition coefficient (Wildman–Crippen LogP) is 4.07. The fourth-order valence-corrected chi connectivity index (χ4v) is 2.93. The predicted molar refractivity (Wildman–Crippen MR) is 96.0 cm³/mol. The SMILES string of the molecule is C[C@H](CO)c1cc(C(=O)c2cccc3ccccc23)ccc1[N+](=O)[O-]. The van der Waals surface area contributed by atoms with Crippen molar-refractivity contribution in [3.63, 3.8) is 0 Å². The zero-order chi connectivity index (χ0) is 18.0. The van der Waals surface area contributed by atoms with Gasteiger partial charge in [-0.25, -0.2) is 0 Å². The molecule has 0 fully saturated rings. The van der Waals surface area contributed by atoms with Gasteiger partial charge in [0.1, 0.15) is 0 Å². The lowest BCUT2D eigenvalue weighted by Crippen LogP contribution is -2.08. The van der Waals surface area contributed by atoms with Crippen LogP contribution in [-0.4, -0.2) is 22.4 Å². The summed E-state index contributed by atoms with van der Waals surface area (Å²) in [6.07, 6.45) is 0. The molecule has 3 aromatic rings. The summed E-state index contributed by atoms with van der Waals surface area (Å²) in [5.74, 6) is -0.626. The first-order chi connectivity index (χ1) is 12.0. The van der Waals surface area contributed by atoms with E-state index in [2.05, 4.69) is 0 Å². The number of nitrogens with zero attached hydrogens (tertiary/aromatic N) is 1. The van der Waals surface area contributed by atoms with Gasteiger partial charge < -0.3 is 5.11 Å². The molecule has 0 unspecified atom stereocenters. The Labute approximate surface area is 144 Å². The molecule has 126 valence electrons. The molecule has 0 amide bonds. The Kier molecular flexibility index (Phi) is 4.59. The average molecular weight is 335 g/mol. The van der Waals surface area contributed by atoms with E-state index in [-0.39, 0.29) is 18.1 Å². The first kappa shape index (κ1) is 16.8. The number of carbonyl (C=O) groups excluding carboxylic acids is 1. The van der Waals surface area contributed by atoms with Crippen molar-refractivity contribution in [3.05, 3.63) is 87.5 Å². The minimum Gasteiger partial charge on any atom is -0.396 e. The highest BCUT2D eigenvalue weighted by molar-refractivity contribution is 6.16. The minimum absolute atomic E-state index is 0.0870. The van der Waals surface area contributed by atoms with E-state index in [4.69, 9.17) is 0 Å². The fraction of sp³-hybridized carbons (Fsp3) is 0.150. The van der Waals surface area contributed by atoms with Crippen LogP contribution in [0.5, 0.6) is 0 Å². The number of hydrogen-bond acceptors (Lipinski definition) is 4. The van der Waals surface area contributed by atoms with Gasteiger partial charge in [-0.1, -0.05) is 49.4 Å². The average Bonchev–Trinajstić information content (AvgIpc) is 2.65. The fourth-order valence-electron chi connectivity index (χ4n) is 2.93. The van der Waals surface area contributed by atoms with E-state index in [0.717, 1.165) is 10.8 Å². The number of benzene rings is 3. The van der Waals surface area contributed by atoms with Crippen LogP contribution >= 0.6 is 0 Å². The molecule has 5 heteroatoms. The van der Waals surface area contributed by atoms with Gasteiger partial charge in [-0.05, 0) is 22.9 Å². The van der Waals surface area contributed by atoms with Gasteiger partial charge in [0, 0.05) is 35.3 Å². The Balaban J connectivity index is 2.12. The number of carbonyl (C=O) groups is 1. The molecule has 0 radical (unpaired) electrons. The van der Waals surface area contributed by atoms with E-state index in [1.165, 1.54) is 18.2 Å². The minimum atomic E-state index is -0.492.